The summed E-state index contributed by atoms with van der Waals surface area (Å²) in [5.74, 6) is -1.62. The molecule has 0 bridgehead atoms. The van der Waals surface area contributed by atoms with E-state index >= 15 is 0 Å². The van der Waals surface area contributed by atoms with Gasteiger partial charge in [-0.1, -0.05) is 23.2 Å². The van der Waals surface area contributed by atoms with Crippen LogP contribution in [-0.2, 0) is 11.3 Å². The second-order valence-corrected chi connectivity index (χ2v) is 4.92. The summed E-state index contributed by atoms with van der Waals surface area (Å²) in [6.45, 7) is 0.319. The van der Waals surface area contributed by atoms with Crippen LogP contribution in [0.4, 0.5) is 5.69 Å². The number of nitrogens with zero attached hydrogens (tertiary/aromatic N) is 3. The van der Waals surface area contributed by atoms with Crippen LogP contribution in [0.1, 0.15) is 16.8 Å². The molecule has 0 saturated carbocycles. The van der Waals surface area contributed by atoms with Crippen molar-refractivity contribution in [1.82, 2.24) is 14.8 Å². The summed E-state index contributed by atoms with van der Waals surface area (Å²) >= 11 is 11.7. The fourth-order valence-electron chi connectivity index (χ4n) is 1.64. The number of amides is 1. The van der Waals surface area contributed by atoms with E-state index in [-0.39, 0.29) is 27.7 Å². The van der Waals surface area contributed by atoms with Crippen molar-refractivity contribution in [1.29, 1.82) is 0 Å². The van der Waals surface area contributed by atoms with Gasteiger partial charge in [0.25, 0.3) is 0 Å². The summed E-state index contributed by atoms with van der Waals surface area (Å²) in [5, 5.41) is 15.7. The largest absolute Gasteiger partial charge is 0.478 e. The number of hydrogen-bond donors (Lipinski definition) is 2. The van der Waals surface area contributed by atoms with Crippen molar-refractivity contribution in [2.24, 2.45) is 0 Å². The first kappa shape index (κ1) is 15.3. The number of carboxylic acids is 1. The summed E-state index contributed by atoms with van der Waals surface area (Å²) in [4.78, 5) is 26.8. The third-order valence-electron chi connectivity index (χ3n) is 2.58. The van der Waals surface area contributed by atoms with Crippen LogP contribution < -0.4 is 5.32 Å². The van der Waals surface area contributed by atoms with Crippen molar-refractivity contribution in [3.8, 4) is 0 Å². The van der Waals surface area contributed by atoms with E-state index in [4.69, 9.17) is 28.3 Å². The predicted octanol–water partition coefficient (Wildman–Crippen LogP) is 2.31. The number of aromatic nitrogens is 3. The number of nitrogens with one attached hydrogen (secondary N) is 1. The van der Waals surface area contributed by atoms with Crippen LogP contribution in [-0.4, -0.2) is 31.7 Å². The minimum absolute atomic E-state index is 0.0251. The molecule has 110 valence electrons. The van der Waals surface area contributed by atoms with Gasteiger partial charge in [-0.05, 0) is 12.1 Å². The molecule has 7 nitrogen and oxygen atoms in total. The molecule has 0 fully saturated rings. The molecule has 1 amide bonds. The summed E-state index contributed by atoms with van der Waals surface area (Å²) in [5.41, 5.74) is -0.140. The van der Waals surface area contributed by atoms with Crippen LogP contribution in [0, 0.1) is 0 Å². The van der Waals surface area contributed by atoms with Gasteiger partial charge < -0.3 is 10.4 Å². The van der Waals surface area contributed by atoms with Gasteiger partial charge in [0.1, 0.15) is 12.7 Å². The summed E-state index contributed by atoms with van der Waals surface area (Å²) in [7, 11) is 0. The molecule has 0 aliphatic heterocycles. The van der Waals surface area contributed by atoms with Crippen molar-refractivity contribution in [2.75, 3.05) is 5.32 Å². The Morgan fingerprint density at radius 1 is 1.33 bits per heavy atom. The van der Waals surface area contributed by atoms with E-state index in [1.807, 2.05) is 0 Å². The lowest BCUT2D eigenvalue weighted by Gasteiger charge is -2.11. The fourth-order valence-corrected chi connectivity index (χ4v) is 2.18. The van der Waals surface area contributed by atoms with Crippen LogP contribution in [0.3, 0.4) is 0 Å². The smallest absolute Gasteiger partial charge is 0.337 e. The SMILES string of the molecule is O=C(CCn1cncn1)Nc1c(Cl)cc(Cl)cc1C(=O)O. The van der Waals surface area contributed by atoms with Crippen molar-refractivity contribution >= 4 is 40.8 Å². The van der Waals surface area contributed by atoms with E-state index in [1.54, 1.807) is 0 Å². The lowest BCUT2D eigenvalue weighted by Crippen LogP contribution is -2.17. The zero-order chi connectivity index (χ0) is 15.4. The Morgan fingerprint density at radius 3 is 2.71 bits per heavy atom. The van der Waals surface area contributed by atoms with E-state index < -0.39 is 11.9 Å². The highest BCUT2D eigenvalue weighted by Crippen LogP contribution is 2.30. The molecule has 9 heteroatoms. The number of aryl methyl sites for hydroxylation is 1. The topological polar surface area (TPSA) is 97.1 Å². The van der Waals surface area contributed by atoms with E-state index in [2.05, 4.69) is 15.4 Å². The molecule has 2 rings (SSSR count). The summed E-state index contributed by atoms with van der Waals surface area (Å²) in [6.07, 6.45) is 2.93. The summed E-state index contributed by atoms with van der Waals surface area (Å²) in [6, 6.07) is 2.59. The highest BCUT2D eigenvalue weighted by Gasteiger charge is 2.17. The summed E-state index contributed by atoms with van der Waals surface area (Å²) < 4.78 is 1.49. The van der Waals surface area contributed by atoms with Gasteiger partial charge in [0, 0.05) is 11.4 Å². The van der Waals surface area contributed by atoms with E-state index in [1.165, 1.54) is 29.5 Å². The second-order valence-electron chi connectivity index (χ2n) is 4.07. The van der Waals surface area contributed by atoms with Crippen molar-refractivity contribution in [2.45, 2.75) is 13.0 Å². The van der Waals surface area contributed by atoms with Gasteiger partial charge in [-0.2, -0.15) is 5.10 Å². The maximum atomic E-state index is 11.9. The van der Waals surface area contributed by atoms with Crippen LogP contribution in [0.25, 0.3) is 0 Å². The molecule has 1 aromatic carbocycles. The molecule has 1 heterocycles. The Morgan fingerprint density at radius 2 is 2.10 bits per heavy atom. The Kier molecular flexibility index (Phi) is 4.77. The monoisotopic (exact) mass is 328 g/mol. The van der Waals surface area contributed by atoms with Crippen LogP contribution in [0.2, 0.25) is 10.0 Å². The number of aromatic carboxylic acids is 1. The quantitative estimate of drug-likeness (QED) is 0.877. The second kappa shape index (κ2) is 6.55. The number of carbonyl (C=O) groups is 2. The predicted molar refractivity (Wildman–Crippen MR) is 76.7 cm³/mol. The number of carboxylic acid groups (broad SMARTS) is 1. The van der Waals surface area contributed by atoms with Gasteiger partial charge in [-0.15, -0.1) is 0 Å². The first-order valence-electron chi connectivity index (χ1n) is 5.82. The van der Waals surface area contributed by atoms with E-state index in [9.17, 15) is 9.59 Å². The molecular weight excluding hydrogens is 319 g/mol. The average molecular weight is 329 g/mol. The molecule has 1 aromatic heterocycles. The Bertz CT molecular complexity index is 673. The minimum Gasteiger partial charge on any atom is -0.478 e. The Labute approximate surface area is 129 Å². The molecule has 0 atom stereocenters. The van der Waals surface area contributed by atoms with Crippen molar-refractivity contribution in [3.63, 3.8) is 0 Å². The molecule has 0 saturated heterocycles. The Hall–Kier alpha value is -2.12. The highest BCUT2D eigenvalue weighted by atomic mass is 35.5. The number of halogens is 2. The Balaban J connectivity index is 2.11. The van der Waals surface area contributed by atoms with Gasteiger partial charge in [-0.3, -0.25) is 9.48 Å². The number of anilines is 1. The molecule has 21 heavy (non-hydrogen) atoms. The zero-order valence-corrected chi connectivity index (χ0v) is 12.1. The number of benzene rings is 1. The third-order valence-corrected chi connectivity index (χ3v) is 3.10. The minimum atomic E-state index is -1.23. The number of hydrogen-bond acceptors (Lipinski definition) is 4. The van der Waals surface area contributed by atoms with Gasteiger partial charge in [-0.25, -0.2) is 9.78 Å². The maximum absolute atomic E-state index is 11.9. The van der Waals surface area contributed by atoms with Gasteiger partial charge >= 0.3 is 5.97 Å². The number of rotatable bonds is 5. The number of carbonyl (C=O) groups excluding carboxylic acids is 1. The molecule has 0 unspecified atom stereocenters. The molecular formula is C12H10Cl2N4O3. The molecule has 0 radical (unpaired) electrons. The first-order chi connectivity index (χ1) is 9.97. The van der Waals surface area contributed by atoms with Gasteiger partial charge in [0.2, 0.25) is 5.91 Å². The molecule has 0 aliphatic rings. The molecule has 2 N–H and O–H groups in total. The van der Waals surface area contributed by atoms with E-state index in [0.29, 0.717) is 6.54 Å². The lowest BCUT2D eigenvalue weighted by molar-refractivity contribution is -0.116. The average Bonchev–Trinajstić information content (AvgIpc) is 2.92. The highest BCUT2D eigenvalue weighted by molar-refractivity contribution is 6.37. The van der Waals surface area contributed by atoms with E-state index in [0.717, 1.165) is 0 Å². The molecule has 0 spiro atoms. The van der Waals surface area contributed by atoms with Gasteiger partial charge in [0.05, 0.1) is 22.8 Å². The fraction of sp³-hybridized carbons (Fsp3) is 0.167. The zero-order valence-electron chi connectivity index (χ0n) is 10.6. The normalized spacial score (nSPS) is 10.4. The lowest BCUT2D eigenvalue weighted by atomic mass is 10.1. The van der Waals surface area contributed by atoms with Crippen LogP contribution in [0.15, 0.2) is 24.8 Å². The van der Waals surface area contributed by atoms with Crippen LogP contribution >= 0.6 is 23.2 Å². The van der Waals surface area contributed by atoms with Crippen molar-refractivity contribution in [3.05, 3.63) is 40.4 Å². The standard InChI is InChI=1S/C12H10Cl2N4O3/c13-7-3-8(12(20)21)11(9(14)4-7)17-10(19)1-2-18-6-15-5-16-18/h3-6H,1-2H2,(H,17,19)(H,20,21). The van der Waals surface area contributed by atoms with Crippen LogP contribution in [0.5, 0.6) is 0 Å². The molecule has 0 aliphatic carbocycles. The maximum Gasteiger partial charge on any atom is 0.337 e. The third kappa shape index (κ3) is 3.93. The van der Waals surface area contributed by atoms with Gasteiger partial charge in [0.15, 0.2) is 0 Å². The molecule has 2 aromatic rings. The first-order valence-corrected chi connectivity index (χ1v) is 6.57. The van der Waals surface area contributed by atoms with Crippen molar-refractivity contribution < 1.29 is 14.7 Å².